The molecule has 0 radical (unpaired) electrons. The van der Waals surface area contributed by atoms with Gasteiger partial charge >= 0.3 is 5.97 Å². The van der Waals surface area contributed by atoms with Gasteiger partial charge in [-0.25, -0.2) is 0 Å². The number of hydrogen-bond acceptors (Lipinski definition) is 7. The molecule has 172 valence electrons. The number of benzene rings is 1. The molecule has 10 heteroatoms. The summed E-state index contributed by atoms with van der Waals surface area (Å²) in [5.41, 5.74) is 10.1. The number of esters is 1. The fourth-order valence-corrected chi connectivity index (χ4v) is 4.08. The van der Waals surface area contributed by atoms with E-state index in [9.17, 15) is 15.4 Å². The van der Waals surface area contributed by atoms with Gasteiger partial charge in [0.05, 0.1) is 12.7 Å². The summed E-state index contributed by atoms with van der Waals surface area (Å²) in [4.78, 5) is 14.3. The molecule has 0 saturated carbocycles. The summed E-state index contributed by atoms with van der Waals surface area (Å²) in [6, 6.07) is 8.55. The Labute approximate surface area is 184 Å². The molecule has 0 aromatic heterocycles. The summed E-state index contributed by atoms with van der Waals surface area (Å²) in [5, 5.41) is 14.7. The van der Waals surface area contributed by atoms with Crippen LogP contribution < -0.4 is 0 Å². The highest BCUT2D eigenvalue weighted by molar-refractivity contribution is 6.74. The Bertz CT molecular complexity index is 779. The van der Waals surface area contributed by atoms with Gasteiger partial charge in [0.1, 0.15) is 24.9 Å². The molecular formula is C21H33N3O6Si. The zero-order valence-electron chi connectivity index (χ0n) is 19.0. The quantitative estimate of drug-likeness (QED) is 0.210. The minimum absolute atomic E-state index is 0.126. The maximum atomic E-state index is 11.3. The van der Waals surface area contributed by atoms with Gasteiger partial charge in [-0.1, -0.05) is 56.2 Å². The Hall–Kier alpha value is -1.94. The SMILES string of the molecule is CC(=O)OC[C@H]1O[C@@H](O[Si](C)(C)C(C)(C)C)[C@H](N=[N+]=[N-])[C@@H](OCc2ccccc2)[C@@H]1O. The van der Waals surface area contributed by atoms with Crippen LogP contribution in [-0.2, 0) is 30.0 Å². The molecule has 1 fully saturated rings. The van der Waals surface area contributed by atoms with Crippen LogP contribution in [0.1, 0.15) is 33.3 Å². The molecule has 5 atom stereocenters. The van der Waals surface area contributed by atoms with E-state index in [4.69, 9.17) is 18.6 Å². The number of aliphatic hydroxyl groups excluding tert-OH is 1. The summed E-state index contributed by atoms with van der Waals surface area (Å²) in [6.07, 6.45) is -3.91. The van der Waals surface area contributed by atoms with Crippen LogP contribution in [-0.4, -0.2) is 56.6 Å². The van der Waals surface area contributed by atoms with Crippen molar-refractivity contribution in [3.05, 3.63) is 46.3 Å². The number of carbonyl (C=O) groups is 1. The van der Waals surface area contributed by atoms with Crippen molar-refractivity contribution in [2.24, 2.45) is 5.11 Å². The van der Waals surface area contributed by atoms with Crippen LogP contribution in [0.4, 0.5) is 0 Å². The van der Waals surface area contributed by atoms with Crippen LogP contribution in [0.2, 0.25) is 18.1 Å². The summed E-state index contributed by atoms with van der Waals surface area (Å²) in [6.45, 7) is 11.7. The predicted octanol–water partition coefficient (Wildman–Crippen LogP) is 3.92. The van der Waals surface area contributed by atoms with E-state index in [1.165, 1.54) is 6.92 Å². The number of azide groups is 1. The lowest BCUT2D eigenvalue weighted by molar-refractivity contribution is -0.255. The van der Waals surface area contributed by atoms with E-state index in [1.807, 2.05) is 30.3 Å². The Morgan fingerprint density at radius 2 is 1.94 bits per heavy atom. The maximum absolute atomic E-state index is 11.3. The zero-order valence-corrected chi connectivity index (χ0v) is 20.0. The first-order valence-electron chi connectivity index (χ1n) is 10.3. The molecule has 31 heavy (non-hydrogen) atoms. The monoisotopic (exact) mass is 451 g/mol. The van der Waals surface area contributed by atoms with E-state index in [0.717, 1.165) is 5.56 Å². The second-order valence-electron chi connectivity index (χ2n) is 9.17. The molecule has 0 unspecified atom stereocenters. The van der Waals surface area contributed by atoms with Crippen molar-refractivity contribution >= 4 is 14.3 Å². The highest BCUT2D eigenvalue weighted by Gasteiger charge is 2.50. The van der Waals surface area contributed by atoms with E-state index in [2.05, 4.69) is 43.9 Å². The molecule has 2 rings (SSSR count). The number of hydrogen-bond donors (Lipinski definition) is 1. The van der Waals surface area contributed by atoms with E-state index >= 15 is 0 Å². The lowest BCUT2D eigenvalue weighted by Gasteiger charge is -2.47. The average molecular weight is 452 g/mol. The molecule has 1 heterocycles. The molecule has 1 aliphatic rings. The summed E-state index contributed by atoms with van der Waals surface area (Å²) < 4.78 is 23.5. The third-order valence-corrected chi connectivity index (χ3v) is 10.2. The van der Waals surface area contributed by atoms with Crippen LogP contribution in [0.15, 0.2) is 35.4 Å². The van der Waals surface area contributed by atoms with Crippen molar-refractivity contribution < 1.29 is 28.5 Å². The fraction of sp³-hybridized carbons (Fsp3) is 0.667. The van der Waals surface area contributed by atoms with Crippen molar-refractivity contribution in [2.75, 3.05) is 6.61 Å². The minimum Gasteiger partial charge on any atom is -0.463 e. The summed E-state index contributed by atoms with van der Waals surface area (Å²) in [5.74, 6) is -0.489. The third kappa shape index (κ3) is 6.77. The fourth-order valence-electron chi connectivity index (χ4n) is 2.95. The van der Waals surface area contributed by atoms with Gasteiger partial charge in [0.25, 0.3) is 0 Å². The Balaban J connectivity index is 2.32. The van der Waals surface area contributed by atoms with Gasteiger partial charge in [-0.15, -0.1) is 0 Å². The zero-order chi connectivity index (χ0) is 23.2. The first-order valence-corrected chi connectivity index (χ1v) is 13.2. The van der Waals surface area contributed by atoms with Crippen molar-refractivity contribution in [3.8, 4) is 0 Å². The minimum atomic E-state index is -2.33. The van der Waals surface area contributed by atoms with Crippen LogP contribution >= 0.6 is 0 Å². The molecular weight excluding hydrogens is 418 g/mol. The maximum Gasteiger partial charge on any atom is 0.302 e. The smallest absolute Gasteiger partial charge is 0.302 e. The molecule has 1 saturated heterocycles. The number of aliphatic hydroxyl groups is 1. The number of ether oxygens (including phenoxy) is 3. The highest BCUT2D eigenvalue weighted by atomic mass is 28.4. The van der Waals surface area contributed by atoms with Crippen molar-refractivity contribution in [1.29, 1.82) is 0 Å². The molecule has 1 aliphatic heterocycles. The van der Waals surface area contributed by atoms with Crippen molar-refractivity contribution in [3.63, 3.8) is 0 Å². The largest absolute Gasteiger partial charge is 0.463 e. The number of rotatable bonds is 8. The van der Waals surface area contributed by atoms with Crippen LogP contribution in [0, 0.1) is 0 Å². The third-order valence-electron chi connectivity index (χ3n) is 5.78. The Kier molecular flexibility index (Phi) is 8.64. The van der Waals surface area contributed by atoms with Crippen LogP contribution in [0.25, 0.3) is 10.4 Å². The van der Waals surface area contributed by atoms with E-state index in [0.29, 0.717) is 0 Å². The molecule has 9 nitrogen and oxygen atoms in total. The van der Waals surface area contributed by atoms with Gasteiger partial charge in [0.2, 0.25) is 0 Å². The summed E-state index contributed by atoms with van der Waals surface area (Å²) in [7, 11) is -2.33. The molecule has 0 bridgehead atoms. The van der Waals surface area contributed by atoms with Gasteiger partial charge in [-0.3, -0.25) is 4.79 Å². The van der Waals surface area contributed by atoms with Crippen LogP contribution in [0.5, 0.6) is 0 Å². The Morgan fingerprint density at radius 3 is 2.48 bits per heavy atom. The Morgan fingerprint density at radius 1 is 1.29 bits per heavy atom. The van der Waals surface area contributed by atoms with Gasteiger partial charge in [-0.05, 0) is 29.2 Å². The first-order chi connectivity index (χ1) is 14.5. The molecule has 0 spiro atoms. The van der Waals surface area contributed by atoms with E-state index < -0.39 is 44.9 Å². The average Bonchev–Trinajstić information content (AvgIpc) is 2.68. The second-order valence-corrected chi connectivity index (χ2v) is 13.9. The lowest BCUT2D eigenvalue weighted by atomic mass is 9.97. The molecule has 1 aromatic carbocycles. The number of nitrogens with zero attached hydrogens (tertiary/aromatic N) is 3. The molecule has 1 N–H and O–H groups in total. The number of carbonyl (C=O) groups excluding carboxylic acids is 1. The predicted molar refractivity (Wildman–Crippen MR) is 118 cm³/mol. The standard InChI is InChI=1S/C21H33N3O6Si/c1-14(25)27-13-16-18(26)19(28-12-15-10-8-7-9-11-15)17(23-24-22)20(29-16)30-31(5,6)21(2,3)4/h7-11,16-20,26H,12-13H2,1-6H3/t16-,17-,18-,19-,20+/m1/s1. The highest BCUT2D eigenvalue weighted by Crippen LogP contribution is 2.40. The second kappa shape index (κ2) is 10.6. The van der Waals surface area contributed by atoms with Crippen molar-refractivity contribution in [1.82, 2.24) is 0 Å². The summed E-state index contributed by atoms with van der Waals surface area (Å²) >= 11 is 0. The normalized spacial score (nSPS) is 26.7. The van der Waals surface area contributed by atoms with E-state index in [1.54, 1.807) is 0 Å². The molecule has 0 amide bonds. The van der Waals surface area contributed by atoms with E-state index in [-0.39, 0.29) is 18.3 Å². The topological polar surface area (TPSA) is 123 Å². The van der Waals surface area contributed by atoms with Gasteiger partial charge in [-0.2, -0.15) is 0 Å². The van der Waals surface area contributed by atoms with Gasteiger partial charge < -0.3 is 23.7 Å². The van der Waals surface area contributed by atoms with Crippen molar-refractivity contribution in [2.45, 2.75) is 83.1 Å². The molecule has 1 aromatic rings. The van der Waals surface area contributed by atoms with Crippen LogP contribution in [0.3, 0.4) is 0 Å². The van der Waals surface area contributed by atoms with Gasteiger partial charge in [0.15, 0.2) is 14.6 Å². The van der Waals surface area contributed by atoms with Gasteiger partial charge in [0, 0.05) is 11.8 Å². The first kappa shape index (κ1) is 25.3. The molecule has 0 aliphatic carbocycles. The lowest BCUT2D eigenvalue weighted by Crippen LogP contribution is -2.62.